The molecular weight excluding hydrogens is 389 g/mol. The molecule has 9 heteroatoms. The zero-order valence-electron chi connectivity index (χ0n) is 18.4. The highest BCUT2D eigenvalue weighted by Gasteiger charge is 2.20. The largest absolute Gasteiger partial charge is 0.333 e. The van der Waals surface area contributed by atoms with E-state index in [1.807, 2.05) is 44.2 Å². The molecule has 0 atom stereocenters. The highest BCUT2D eigenvalue weighted by Crippen LogP contribution is 2.29. The topological polar surface area (TPSA) is 75.5 Å². The molecule has 0 bridgehead atoms. The van der Waals surface area contributed by atoms with E-state index in [0.29, 0.717) is 0 Å². The number of pyridine rings is 1. The van der Waals surface area contributed by atoms with Crippen molar-refractivity contribution in [1.82, 2.24) is 33.7 Å². The first-order valence-electron chi connectivity index (χ1n) is 10.5. The minimum Gasteiger partial charge on any atom is -0.293 e. The van der Waals surface area contributed by atoms with E-state index in [0.717, 1.165) is 58.3 Å². The Balaban J connectivity index is 1.92. The standard InChI is InChI=1S/C22H24BN7O/c1-6-29-12-20(13(2)26-29)30-21-16-7-15(14-9-25-27(4)11-14)17(23-3)8-18(16)24-10-19(21)28(5)22(30)31/h7-12,23H,6H2,1-5H3. The number of benzene rings is 1. The molecule has 0 spiro atoms. The molecule has 0 aliphatic heterocycles. The van der Waals surface area contributed by atoms with Gasteiger partial charge in [0.1, 0.15) is 0 Å². The molecule has 0 saturated carbocycles. The van der Waals surface area contributed by atoms with Gasteiger partial charge in [-0.3, -0.25) is 23.5 Å². The summed E-state index contributed by atoms with van der Waals surface area (Å²) < 4.78 is 7.09. The van der Waals surface area contributed by atoms with E-state index in [2.05, 4.69) is 29.2 Å². The Hall–Kier alpha value is -3.62. The average Bonchev–Trinajstić information content (AvgIpc) is 3.43. The number of aryl methyl sites for hydroxylation is 4. The number of nitrogens with zero attached hydrogens (tertiary/aromatic N) is 7. The molecule has 5 aromatic rings. The molecule has 0 amide bonds. The van der Waals surface area contributed by atoms with Gasteiger partial charge in [-0.1, -0.05) is 12.3 Å². The minimum atomic E-state index is -0.106. The Kier molecular flexibility index (Phi) is 4.35. The van der Waals surface area contributed by atoms with Crippen molar-refractivity contribution < 1.29 is 0 Å². The lowest BCUT2D eigenvalue weighted by Gasteiger charge is -2.10. The number of hydrogen-bond donors (Lipinski definition) is 0. The summed E-state index contributed by atoms with van der Waals surface area (Å²) in [6.45, 7) is 6.86. The molecule has 4 aromatic heterocycles. The molecule has 1 aromatic carbocycles. The van der Waals surface area contributed by atoms with Gasteiger partial charge < -0.3 is 0 Å². The van der Waals surface area contributed by atoms with Gasteiger partial charge in [0.25, 0.3) is 0 Å². The van der Waals surface area contributed by atoms with Crippen molar-refractivity contribution in [2.45, 2.75) is 27.2 Å². The van der Waals surface area contributed by atoms with Crippen molar-refractivity contribution in [1.29, 1.82) is 0 Å². The zero-order valence-corrected chi connectivity index (χ0v) is 18.4. The predicted octanol–water partition coefficient (Wildman–Crippen LogP) is 1.91. The summed E-state index contributed by atoms with van der Waals surface area (Å²) in [7, 11) is 4.58. The van der Waals surface area contributed by atoms with Crippen LogP contribution in [0, 0.1) is 6.92 Å². The highest BCUT2D eigenvalue weighted by molar-refractivity contribution is 6.54. The van der Waals surface area contributed by atoms with Crippen LogP contribution in [0.3, 0.4) is 0 Å². The highest BCUT2D eigenvalue weighted by atomic mass is 16.1. The normalized spacial score (nSPS) is 11.6. The van der Waals surface area contributed by atoms with Crippen molar-refractivity contribution in [2.75, 3.05) is 0 Å². The second-order valence-electron chi connectivity index (χ2n) is 7.91. The lowest BCUT2D eigenvalue weighted by molar-refractivity contribution is 0.653. The van der Waals surface area contributed by atoms with Crippen LogP contribution in [0.4, 0.5) is 0 Å². The number of hydrogen-bond acceptors (Lipinski definition) is 4. The zero-order chi connectivity index (χ0) is 21.9. The fraction of sp³-hybridized carbons (Fsp3) is 0.273. The molecule has 4 heterocycles. The summed E-state index contributed by atoms with van der Waals surface area (Å²) in [5.41, 5.74) is 7.40. The number of rotatable bonds is 4. The van der Waals surface area contributed by atoms with Crippen LogP contribution in [0.1, 0.15) is 12.6 Å². The Bertz CT molecular complexity index is 1520. The van der Waals surface area contributed by atoms with Crippen LogP contribution in [0.15, 0.2) is 41.7 Å². The Labute approximate surface area is 180 Å². The molecular formula is C22H24BN7O. The van der Waals surface area contributed by atoms with Gasteiger partial charge >= 0.3 is 5.69 Å². The van der Waals surface area contributed by atoms with Crippen molar-refractivity contribution in [3.8, 4) is 16.8 Å². The van der Waals surface area contributed by atoms with Crippen molar-refractivity contribution in [3.63, 3.8) is 0 Å². The second kappa shape index (κ2) is 6.97. The minimum absolute atomic E-state index is 0.106. The van der Waals surface area contributed by atoms with Crippen LogP contribution in [0.25, 0.3) is 38.8 Å². The van der Waals surface area contributed by atoms with E-state index in [4.69, 9.17) is 4.98 Å². The van der Waals surface area contributed by atoms with E-state index in [1.165, 1.54) is 5.46 Å². The second-order valence-corrected chi connectivity index (χ2v) is 7.91. The number of aromatic nitrogens is 7. The molecule has 0 aliphatic carbocycles. The smallest absolute Gasteiger partial charge is 0.293 e. The first-order valence-corrected chi connectivity index (χ1v) is 10.5. The Morgan fingerprint density at radius 3 is 2.58 bits per heavy atom. The van der Waals surface area contributed by atoms with Gasteiger partial charge in [0.2, 0.25) is 0 Å². The molecule has 5 rings (SSSR count). The third kappa shape index (κ3) is 2.84. The SMILES string of the molecule is CBc1cc2ncc3c(c2cc1-c1cnn(C)c1)n(-c1cn(CC)nc1C)c(=O)n3C. The first kappa shape index (κ1) is 19.4. The van der Waals surface area contributed by atoms with Crippen LogP contribution < -0.4 is 11.2 Å². The molecule has 31 heavy (non-hydrogen) atoms. The third-order valence-electron chi connectivity index (χ3n) is 5.99. The third-order valence-corrected chi connectivity index (χ3v) is 5.99. The summed E-state index contributed by atoms with van der Waals surface area (Å²) >= 11 is 0. The van der Waals surface area contributed by atoms with Gasteiger partial charge in [0, 0.05) is 44.0 Å². The monoisotopic (exact) mass is 413 g/mol. The van der Waals surface area contributed by atoms with E-state index in [9.17, 15) is 4.79 Å². The summed E-state index contributed by atoms with van der Waals surface area (Å²) in [4.78, 5) is 18.0. The van der Waals surface area contributed by atoms with Gasteiger partial charge in [-0.05, 0) is 31.5 Å². The first-order chi connectivity index (χ1) is 14.9. The summed E-state index contributed by atoms with van der Waals surface area (Å²) in [5, 5.41) is 9.85. The van der Waals surface area contributed by atoms with Crippen LogP contribution in [0.5, 0.6) is 0 Å². The van der Waals surface area contributed by atoms with Gasteiger partial charge in [0.05, 0.1) is 40.3 Å². The van der Waals surface area contributed by atoms with Crippen molar-refractivity contribution in [2.24, 2.45) is 14.1 Å². The Morgan fingerprint density at radius 1 is 1.13 bits per heavy atom. The summed E-state index contributed by atoms with van der Waals surface area (Å²) in [6.07, 6.45) is 7.62. The van der Waals surface area contributed by atoms with Crippen molar-refractivity contribution >= 4 is 34.7 Å². The van der Waals surface area contributed by atoms with Gasteiger partial charge in [-0.15, -0.1) is 0 Å². The maximum absolute atomic E-state index is 13.3. The fourth-order valence-corrected chi connectivity index (χ4v) is 4.32. The van der Waals surface area contributed by atoms with Gasteiger partial charge in [0.15, 0.2) is 7.28 Å². The molecule has 8 nitrogen and oxygen atoms in total. The van der Waals surface area contributed by atoms with E-state index >= 15 is 0 Å². The fourth-order valence-electron chi connectivity index (χ4n) is 4.32. The number of fused-ring (bicyclic) bond motifs is 3. The molecule has 0 unspecified atom stereocenters. The lowest BCUT2D eigenvalue weighted by Crippen LogP contribution is -2.21. The molecule has 0 fully saturated rings. The van der Waals surface area contributed by atoms with E-state index < -0.39 is 0 Å². The summed E-state index contributed by atoms with van der Waals surface area (Å²) in [6, 6.07) is 4.28. The number of imidazole rings is 1. The van der Waals surface area contributed by atoms with Crippen LogP contribution >= 0.6 is 0 Å². The van der Waals surface area contributed by atoms with E-state index in [-0.39, 0.29) is 5.69 Å². The van der Waals surface area contributed by atoms with E-state index in [1.54, 1.807) is 27.1 Å². The van der Waals surface area contributed by atoms with Crippen LogP contribution in [0.2, 0.25) is 6.82 Å². The molecule has 0 N–H and O–H groups in total. The van der Waals surface area contributed by atoms with Crippen LogP contribution in [-0.4, -0.2) is 41.0 Å². The molecule has 0 aliphatic rings. The quantitative estimate of drug-likeness (QED) is 0.422. The maximum Gasteiger partial charge on any atom is 0.333 e. The maximum atomic E-state index is 13.3. The van der Waals surface area contributed by atoms with Crippen molar-refractivity contribution in [3.05, 3.63) is 53.1 Å². The molecule has 156 valence electrons. The Morgan fingerprint density at radius 2 is 1.94 bits per heavy atom. The predicted molar refractivity (Wildman–Crippen MR) is 125 cm³/mol. The molecule has 0 saturated heterocycles. The molecule has 0 radical (unpaired) electrons. The van der Waals surface area contributed by atoms with Gasteiger partial charge in [-0.2, -0.15) is 10.2 Å². The summed E-state index contributed by atoms with van der Waals surface area (Å²) in [5.74, 6) is 0. The average molecular weight is 413 g/mol. The lowest BCUT2D eigenvalue weighted by atomic mass is 9.69. The van der Waals surface area contributed by atoms with Crippen LogP contribution in [-0.2, 0) is 20.6 Å². The van der Waals surface area contributed by atoms with Gasteiger partial charge in [-0.25, -0.2) is 4.79 Å².